The predicted molar refractivity (Wildman–Crippen MR) is 107 cm³/mol. The summed E-state index contributed by atoms with van der Waals surface area (Å²) in [5.74, 6) is 0. The standard InChI is InChI=1S/C23H22N3.U.V.W/c1-18-16-24-22(23(25-18)20-8-4-2-5-9-20)21-12-10-19(11-13-21)17-26-14-6-3-7-15-26;;;/h1-2,4-5,8-13H,3,6-7,14-15,17H2;;;. The minimum absolute atomic E-state index is 0.179. The monoisotopic (exact) mass is 813 g/mol. The molecule has 0 spiro atoms. The molecule has 0 saturated carbocycles. The summed E-state index contributed by atoms with van der Waals surface area (Å²) in [4.78, 5) is 13.0. The molecule has 3 aromatic rings. The molecule has 6 heteroatoms. The van der Waals surface area contributed by atoms with E-state index < -0.39 is 24.0 Å². The zero-order valence-corrected chi connectivity index (χ0v) is 24.7. The number of rotatable bonds is 4. The molecule has 0 amide bonds. The molecule has 0 bridgehead atoms. The Hall–Kier alpha value is -0.325. The van der Waals surface area contributed by atoms with Gasteiger partial charge in [-0.15, -0.1) is 0 Å². The van der Waals surface area contributed by atoms with Crippen LogP contribution in [0.4, 0.5) is 0 Å². The Morgan fingerprint density at radius 3 is 2.38 bits per heavy atom. The molecule has 29 heavy (non-hydrogen) atoms. The van der Waals surface area contributed by atoms with Crippen LogP contribution in [0, 0.1) is 24.0 Å². The van der Waals surface area contributed by atoms with E-state index in [2.05, 4.69) is 63.9 Å². The quantitative estimate of drug-likeness (QED) is 0.404. The summed E-state index contributed by atoms with van der Waals surface area (Å²) in [7, 11) is 0.717. The van der Waals surface area contributed by atoms with Crippen LogP contribution in [0.3, 0.4) is 0 Å². The second-order valence-corrected chi connectivity index (χ2v) is 46.6. The van der Waals surface area contributed by atoms with E-state index in [-0.39, 0.29) is 15.7 Å². The van der Waals surface area contributed by atoms with E-state index in [1.54, 1.807) is 0 Å². The van der Waals surface area contributed by atoms with Gasteiger partial charge in [0.1, 0.15) is 0 Å². The molecule has 0 unspecified atom stereocenters. The van der Waals surface area contributed by atoms with E-state index in [4.69, 9.17) is 9.97 Å². The maximum absolute atomic E-state index is 5.24. The number of aromatic nitrogens is 2. The summed E-state index contributed by atoms with van der Waals surface area (Å²) in [6.07, 6.45) is 4.08. The van der Waals surface area contributed by atoms with Crippen LogP contribution in [-0.2, 0) is 30.1 Å². The first-order valence-corrected chi connectivity index (χ1v) is 28.2. The van der Waals surface area contributed by atoms with Crippen LogP contribution in [0.25, 0.3) is 22.5 Å². The summed E-state index contributed by atoms with van der Waals surface area (Å²) in [5, 5.41) is 0. The molecule has 3 nitrogen and oxygen atoms in total. The van der Waals surface area contributed by atoms with Crippen molar-refractivity contribution in [3.63, 3.8) is 0 Å². The van der Waals surface area contributed by atoms with Gasteiger partial charge in [0.15, 0.2) is 0 Å². The molecule has 1 saturated heterocycles. The average Bonchev–Trinajstić information content (AvgIpc) is 2.80. The summed E-state index contributed by atoms with van der Waals surface area (Å²) >= 11 is -0.984. The van der Waals surface area contributed by atoms with Crippen molar-refractivity contribution < 1.29 is 47.6 Å². The molecule has 1 aromatic heterocycles. The fourth-order valence-corrected chi connectivity index (χ4v) is 42.0. The van der Waals surface area contributed by atoms with Gasteiger partial charge in [0.05, 0.1) is 0 Å². The first-order valence-electron chi connectivity index (χ1n) is 10.1. The zero-order valence-electron chi connectivity index (χ0n) is 16.2. The van der Waals surface area contributed by atoms with E-state index in [1.807, 2.05) is 0 Å². The molecule has 2 aliphatic heterocycles. The Bertz CT molecular complexity index is 1060. The van der Waals surface area contributed by atoms with Crippen molar-refractivity contribution in [3.05, 3.63) is 65.9 Å². The van der Waals surface area contributed by atoms with Gasteiger partial charge in [0.25, 0.3) is 0 Å². The van der Waals surface area contributed by atoms with Crippen LogP contribution in [0.15, 0.2) is 54.6 Å². The number of benzene rings is 2. The van der Waals surface area contributed by atoms with Crippen molar-refractivity contribution in [3.8, 4) is 22.5 Å². The molecular formula is C23H22N3UVW. The molecular weight excluding hydrogens is 791 g/mol. The zero-order chi connectivity index (χ0) is 19.5. The Kier molecular flexibility index (Phi) is 7.00. The Balaban J connectivity index is 1.51. The van der Waals surface area contributed by atoms with Crippen LogP contribution in [0.5, 0.6) is 0 Å². The molecule has 2 aromatic carbocycles. The second-order valence-electron chi connectivity index (χ2n) is 7.48. The van der Waals surface area contributed by atoms with Crippen LogP contribution >= 0.6 is 0 Å². The van der Waals surface area contributed by atoms with Gasteiger partial charge in [0.2, 0.25) is 0 Å². The van der Waals surface area contributed by atoms with Gasteiger partial charge in [-0.3, -0.25) is 0 Å². The van der Waals surface area contributed by atoms with Gasteiger partial charge in [-0.1, -0.05) is 0 Å². The van der Waals surface area contributed by atoms with Gasteiger partial charge < -0.3 is 0 Å². The van der Waals surface area contributed by atoms with Crippen molar-refractivity contribution in [2.45, 2.75) is 25.8 Å². The molecule has 0 atom stereocenters. The van der Waals surface area contributed by atoms with Gasteiger partial charge in [-0.2, -0.15) is 0 Å². The summed E-state index contributed by atoms with van der Waals surface area (Å²) in [6.45, 7) is 3.56. The first-order chi connectivity index (χ1) is 14.4. The van der Waals surface area contributed by atoms with Crippen molar-refractivity contribution in [1.82, 2.24) is 14.9 Å². The molecule has 144 valence electrons. The first kappa shape index (κ1) is 20.6. The van der Waals surface area contributed by atoms with Gasteiger partial charge in [-0.05, 0) is 0 Å². The topological polar surface area (TPSA) is 29.0 Å². The second kappa shape index (κ2) is 9.87. The summed E-state index contributed by atoms with van der Waals surface area (Å²) in [5.41, 5.74) is 7.23. The van der Waals surface area contributed by atoms with Crippen LogP contribution in [-0.4, -0.2) is 32.4 Å². The van der Waals surface area contributed by atoms with Crippen LogP contribution < -0.4 is 2.73 Å². The third-order valence-electron chi connectivity index (χ3n) is 5.42. The van der Waals surface area contributed by atoms with Crippen molar-refractivity contribution in [2.75, 3.05) is 13.1 Å². The average molecular weight is 813 g/mol. The maximum atomic E-state index is 5.24. The molecule has 0 radical (unpaired) electrons. The third kappa shape index (κ3) is 4.96. The Morgan fingerprint density at radius 1 is 0.862 bits per heavy atom. The Labute approximate surface area is 194 Å². The SMILES string of the molecule is [CH]1=[W][V]=[U][c]2nc(-c3ccc(CN4CCCCC4)cc3)c(-c3ccccc3)nc21. The van der Waals surface area contributed by atoms with Gasteiger partial charge in [-0.25, -0.2) is 0 Å². The number of hydrogen-bond acceptors (Lipinski definition) is 3. The van der Waals surface area contributed by atoms with E-state index in [9.17, 15) is 0 Å². The van der Waals surface area contributed by atoms with Crippen LogP contribution in [0.2, 0.25) is 0 Å². The molecule has 1 fully saturated rings. The fraction of sp³-hybridized carbons (Fsp3) is 0.261. The molecule has 5 rings (SSSR count). The van der Waals surface area contributed by atoms with Crippen molar-refractivity contribution >= 4 is 7.13 Å². The minimum atomic E-state index is -0.805. The molecule has 2 aliphatic rings. The summed E-state index contributed by atoms with van der Waals surface area (Å²) < 4.78 is 3.93. The Morgan fingerprint density at radius 2 is 1.59 bits per heavy atom. The predicted octanol–water partition coefficient (Wildman–Crippen LogP) is 3.67. The van der Waals surface area contributed by atoms with Gasteiger partial charge >= 0.3 is 197 Å². The van der Waals surface area contributed by atoms with E-state index in [0.717, 1.165) is 25.8 Å². The normalized spacial score (nSPS) is 15.7. The number of likely N-dealkylation sites (tertiary alicyclic amines) is 1. The van der Waals surface area contributed by atoms with E-state index in [1.165, 1.54) is 57.5 Å². The van der Waals surface area contributed by atoms with Gasteiger partial charge in [0, 0.05) is 0 Å². The molecule has 3 heterocycles. The number of fused-ring (bicyclic) bond motifs is 1. The number of hydrogen-bond donors (Lipinski definition) is 0. The number of nitrogens with zero attached hydrogens (tertiary/aromatic N) is 3. The summed E-state index contributed by atoms with van der Waals surface area (Å²) in [6, 6.07) is 19.8. The van der Waals surface area contributed by atoms with Crippen LogP contribution in [0.1, 0.15) is 30.5 Å². The third-order valence-corrected chi connectivity index (χ3v) is 44.3. The fourth-order valence-electron chi connectivity index (χ4n) is 3.90. The van der Waals surface area contributed by atoms with E-state index >= 15 is 0 Å². The van der Waals surface area contributed by atoms with E-state index in [0.29, 0.717) is 0 Å². The number of piperidine rings is 1. The molecule has 0 N–H and O–H groups in total. The van der Waals surface area contributed by atoms with Crippen molar-refractivity contribution in [1.29, 1.82) is 0 Å². The van der Waals surface area contributed by atoms with Crippen molar-refractivity contribution in [2.24, 2.45) is 0 Å². The molecule has 0 aliphatic carbocycles.